The van der Waals surface area contributed by atoms with Crippen molar-refractivity contribution in [3.8, 4) is 0 Å². The summed E-state index contributed by atoms with van der Waals surface area (Å²) in [7, 11) is 0. The molecule has 0 aliphatic carbocycles. The second-order valence-electron chi connectivity index (χ2n) is 8.21. The molecule has 1 atom stereocenters. The van der Waals surface area contributed by atoms with Gasteiger partial charge in [-0.1, -0.05) is 0 Å². The van der Waals surface area contributed by atoms with Crippen LogP contribution in [-0.2, 0) is 9.53 Å². The molecule has 0 saturated carbocycles. The smallest absolute Gasteiger partial charge is 0.252 e. The van der Waals surface area contributed by atoms with Crippen LogP contribution in [0.5, 0.6) is 0 Å². The molecule has 4 rings (SSSR count). The van der Waals surface area contributed by atoms with E-state index < -0.39 is 0 Å². The van der Waals surface area contributed by atoms with Gasteiger partial charge in [0.2, 0.25) is 5.91 Å². The number of morpholine rings is 1. The van der Waals surface area contributed by atoms with Crippen LogP contribution in [-0.4, -0.2) is 92.2 Å². The predicted octanol–water partition coefficient (Wildman–Crippen LogP) is 0.592. The molecule has 8 nitrogen and oxygen atoms in total. The second kappa shape index (κ2) is 8.67. The van der Waals surface area contributed by atoms with Crippen molar-refractivity contribution in [2.45, 2.75) is 19.8 Å². The summed E-state index contributed by atoms with van der Waals surface area (Å²) >= 11 is 0. The van der Waals surface area contributed by atoms with Crippen LogP contribution in [0, 0.1) is 5.41 Å². The summed E-state index contributed by atoms with van der Waals surface area (Å²) in [6.07, 6.45) is 3.42. The summed E-state index contributed by atoms with van der Waals surface area (Å²) in [5.41, 5.74) is 0.293. The van der Waals surface area contributed by atoms with Crippen LogP contribution in [0.25, 0.3) is 0 Å². The molecule has 0 radical (unpaired) electrons. The minimum Gasteiger partial charge on any atom is -0.379 e. The minimum absolute atomic E-state index is 0.105. The number of rotatable bonds is 6. The van der Waals surface area contributed by atoms with Crippen LogP contribution in [0.3, 0.4) is 0 Å². The standard InChI is InChI=1S/C21H31N5O3/c1-2-22-19(27)17-3-4-18(23-15-17)26-8-6-21(16-26)5-7-25(20(21)28)10-9-24-11-13-29-14-12-24/h3-4,15H,2,5-14,16H2,1H3,(H,22,27). The van der Waals surface area contributed by atoms with Gasteiger partial charge in [-0.05, 0) is 31.9 Å². The molecule has 1 aromatic rings. The van der Waals surface area contributed by atoms with E-state index in [-0.39, 0.29) is 11.3 Å². The quantitative estimate of drug-likeness (QED) is 0.752. The number of carbonyl (C=O) groups is 2. The lowest BCUT2D eigenvalue weighted by Gasteiger charge is -2.29. The number of amides is 2. The molecule has 1 unspecified atom stereocenters. The third kappa shape index (κ3) is 4.23. The van der Waals surface area contributed by atoms with Gasteiger partial charge in [0.05, 0.1) is 24.2 Å². The summed E-state index contributed by atoms with van der Waals surface area (Å²) < 4.78 is 5.40. The van der Waals surface area contributed by atoms with E-state index in [0.29, 0.717) is 24.6 Å². The third-order valence-corrected chi connectivity index (χ3v) is 6.42. The molecule has 4 heterocycles. The van der Waals surface area contributed by atoms with E-state index in [4.69, 9.17) is 4.74 Å². The highest BCUT2D eigenvalue weighted by Crippen LogP contribution is 2.41. The van der Waals surface area contributed by atoms with Crippen LogP contribution in [0.2, 0.25) is 0 Å². The fraction of sp³-hybridized carbons (Fsp3) is 0.667. The van der Waals surface area contributed by atoms with Crippen LogP contribution < -0.4 is 10.2 Å². The van der Waals surface area contributed by atoms with Gasteiger partial charge < -0.3 is 19.9 Å². The van der Waals surface area contributed by atoms with Gasteiger partial charge in [-0.15, -0.1) is 0 Å². The highest BCUT2D eigenvalue weighted by Gasteiger charge is 2.50. The molecule has 158 valence electrons. The number of hydrogen-bond acceptors (Lipinski definition) is 6. The average molecular weight is 402 g/mol. The van der Waals surface area contributed by atoms with Crippen molar-refractivity contribution < 1.29 is 14.3 Å². The van der Waals surface area contributed by atoms with Gasteiger partial charge in [0.1, 0.15) is 5.82 Å². The molecule has 29 heavy (non-hydrogen) atoms. The van der Waals surface area contributed by atoms with Crippen molar-refractivity contribution in [3.05, 3.63) is 23.9 Å². The zero-order chi connectivity index (χ0) is 20.3. The predicted molar refractivity (Wildman–Crippen MR) is 110 cm³/mol. The lowest BCUT2D eigenvalue weighted by atomic mass is 9.85. The molecular formula is C21H31N5O3. The molecule has 0 bridgehead atoms. The molecule has 3 saturated heterocycles. The molecule has 1 spiro atoms. The largest absolute Gasteiger partial charge is 0.379 e. The van der Waals surface area contributed by atoms with Crippen LogP contribution >= 0.6 is 0 Å². The van der Waals surface area contributed by atoms with E-state index in [1.807, 2.05) is 24.0 Å². The maximum absolute atomic E-state index is 13.2. The Morgan fingerprint density at radius 3 is 2.69 bits per heavy atom. The van der Waals surface area contributed by atoms with Crippen molar-refractivity contribution in [1.29, 1.82) is 0 Å². The number of carbonyl (C=O) groups excluding carboxylic acids is 2. The number of nitrogens with zero attached hydrogens (tertiary/aromatic N) is 4. The van der Waals surface area contributed by atoms with Crippen LogP contribution in [0.15, 0.2) is 18.3 Å². The van der Waals surface area contributed by atoms with Gasteiger partial charge in [0.15, 0.2) is 0 Å². The van der Waals surface area contributed by atoms with E-state index in [0.717, 1.165) is 71.1 Å². The van der Waals surface area contributed by atoms with Gasteiger partial charge in [0.25, 0.3) is 5.91 Å². The van der Waals surface area contributed by atoms with E-state index in [9.17, 15) is 9.59 Å². The Balaban J connectivity index is 1.33. The van der Waals surface area contributed by atoms with E-state index >= 15 is 0 Å². The SMILES string of the molecule is CCNC(=O)c1ccc(N2CCC3(CCN(CCN4CCOCC4)C3=O)C2)nc1. The molecule has 8 heteroatoms. The Labute approximate surface area is 172 Å². The number of nitrogens with one attached hydrogen (secondary N) is 1. The number of aromatic nitrogens is 1. The summed E-state index contributed by atoms with van der Waals surface area (Å²) in [6.45, 7) is 10.1. The zero-order valence-corrected chi connectivity index (χ0v) is 17.2. The summed E-state index contributed by atoms with van der Waals surface area (Å²) in [5, 5.41) is 2.78. The molecule has 2 amide bonds. The number of ether oxygens (including phenoxy) is 1. The van der Waals surface area contributed by atoms with E-state index in [2.05, 4.69) is 20.1 Å². The average Bonchev–Trinajstić information content (AvgIpc) is 3.32. The summed E-state index contributed by atoms with van der Waals surface area (Å²) in [5.74, 6) is 1.04. The fourth-order valence-corrected chi connectivity index (χ4v) is 4.61. The van der Waals surface area contributed by atoms with E-state index in [1.54, 1.807) is 6.20 Å². The van der Waals surface area contributed by atoms with Crippen molar-refractivity contribution in [3.63, 3.8) is 0 Å². The zero-order valence-electron chi connectivity index (χ0n) is 17.2. The molecule has 3 fully saturated rings. The molecule has 1 N–H and O–H groups in total. The monoisotopic (exact) mass is 401 g/mol. The maximum atomic E-state index is 13.2. The first-order valence-corrected chi connectivity index (χ1v) is 10.7. The number of anilines is 1. The number of likely N-dealkylation sites (tertiary alicyclic amines) is 1. The normalized spacial score (nSPS) is 25.2. The Morgan fingerprint density at radius 2 is 1.97 bits per heavy atom. The van der Waals surface area contributed by atoms with Crippen molar-refractivity contribution >= 4 is 17.6 Å². The lowest BCUT2D eigenvalue weighted by molar-refractivity contribution is -0.135. The number of hydrogen-bond donors (Lipinski definition) is 1. The first-order chi connectivity index (χ1) is 14.1. The highest BCUT2D eigenvalue weighted by atomic mass is 16.5. The van der Waals surface area contributed by atoms with Crippen molar-refractivity contribution in [1.82, 2.24) is 20.1 Å². The first-order valence-electron chi connectivity index (χ1n) is 10.7. The van der Waals surface area contributed by atoms with Gasteiger partial charge in [0, 0.05) is 58.6 Å². The Morgan fingerprint density at radius 1 is 1.17 bits per heavy atom. The number of pyridine rings is 1. The molecular weight excluding hydrogens is 370 g/mol. The molecule has 0 aromatic carbocycles. The highest BCUT2D eigenvalue weighted by molar-refractivity contribution is 5.94. The fourth-order valence-electron chi connectivity index (χ4n) is 4.61. The summed E-state index contributed by atoms with van der Waals surface area (Å²) in [6, 6.07) is 3.70. The van der Waals surface area contributed by atoms with Crippen LogP contribution in [0.4, 0.5) is 5.82 Å². The van der Waals surface area contributed by atoms with Crippen LogP contribution in [0.1, 0.15) is 30.1 Å². The Hall–Kier alpha value is -2.19. The topological polar surface area (TPSA) is 78.0 Å². The Kier molecular flexibility index (Phi) is 6.01. The lowest BCUT2D eigenvalue weighted by Crippen LogP contribution is -2.43. The van der Waals surface area contributed by atoms with Gasteiger partial charge >= 0.3 is 0 Å². The molecule has 3 aliphatic heterocycles. The first kappa shape index (κ1) is 20.1. The second-order valence-corrected chi connectivity index (χ2v) is 8.21. The van der Waals surface area contributed by atoms with Gasteiger partial charge in [-0.25, -0.2) is 4.98 Å². The van der Waals surface area contributed by atoms with Crippen molar-refractivity contribution in [2.24, 2.45) is 5.41 Å². The molecule has 3 aliphatic rings. The van der Waals surface area contributed by atoms with Crippen molar-refractivity contribution in [2.75, 3.05) is 70.5 Å². The maximum Gasteiger partial charge on any atom is 0.252 e. The van der Waals surface area contributed by atoms with Gasteiger partial charge in [-0.2, -0.15) is 0 Å². The molecule has 1 aromatic heterocycles. The summed E-state index contributed by atoms with van der Waals surface area (Å²) in [4.78, 5) is 36.2. The van der Waals surface area contributed by atoms with Gasteiger partial charge in [-0.3, -0.25) is 14.5 Å². The van der Waals surface area contributed by atoms with E-state index in [1.165, 1.54) is 0 Å². The minimum atomic E-state index is -0.273. The Bertz CT molecular complexity index is 734. The third-order valence-electron chi connectivity index (χ3n) is 6.42.